The van der Waals surface area contributed by atoms with E-state index in [2.05, 4.69) is 0 Å². The first-order valence-corrected chi connectivity index (χ1v) is 7.43. The topological polar surface area (TPSA) is 59.0 Å². The van der Waals surface area contributed by atoms with Gasteiger partial charge in [0.1, 0.15) is 12.0 Å². The van der Waals surface area contributed by atoms with Gasteiger partial charge in [-0.05, 0) is 24.6 Å². The fourth-order valence-electron chi connectivity index (χ4n) is 2.98. The highest BCUT2D eigenvalue weighted by Crippen LogP contribution is 2.46. The van der Waals surface area contributed by atoms with Crippen molar-refractivity contribution in [1.82, 2.24) is 0 Å². The van der Waals surface area contributed by atoms with Crippen LogP contribution in [0.4, 0.5) is 5.69 Å². The first kappa shape index (κ1) is 15.5. The van der Waals surface area contributed by atoms with Gasteiger partial charge < -0.3 is 9.84 Å². The lowest BCUT2D eigenvalue weighted by Crippen LogP contribution is -2.38. The van der Waals surface area contributed by atoms with E-state index in [1.165, 1.54) is 14.0 Å². The second-order valence-electron chi connectivity index (χ2n) is 5.66. The number of esters is 1. The van der Waals surface area contributed by atoms with Gasteiger partial charge in [0.15, 0.2) is 0 Å². The van der Waals surface area contributed by atoms with Crippen molar-refractivity contribution in [3.63, 3.8) is 0 Å². The lowest BCUT2D eigenvalue weighted by atomic mass is 9.88. The molecule has 0 spiro atoms. The molecule has 3 rings (SSSR count). The normalized spacial score (nSPS) is 27.0. The third-order valence-electron chi connectivity index (χ3n) is 4.04. The van der Waals surface area contributed by atoms with Crippen LogP contribution in [-0.2, 0) is 14.4 Å². The van der Waals surface area contributed by atoms with Gasteiger partial charge in [0.05, 0.1) is 12.8 Å². The van der Waals surface area contributed by atoms with E-state index in [1.54, 1.807) is 5.06 Å². The molecular weight excluding hydrogens is 294 g/mol. The minimum absolute atomic E-state index is 0.485. The molecule has 5 nitrogen and oxygen atoms in total. The van der Waals surface area contributed by atoms with Crippen molar-refractivity contribution in [2.45, 2.75) is 18.8 Å². The Morgan fingerprint density at radius 1 is 1.13 bits per heavy atom. The van der Waals surface area contributed by atoms with Crippen molar-refractivity contribution in [3.05, 3.63) is 66.2 Å². The maximum atomic E-state index is 12.3. The molecule has 1 saturated heterocycles. The molecule has 0 amide bonds. The highest BCUT2D eigenvalue weighted by Gasteiger charge is 2.56. The number of ether oxygens (including phenoxy) is 1. The lowest BCUT2D eigenvalue weighted by Gasteiger charge is -2.26. The van der Waals surface area contributed by atoms with Gasteiger partial charge in [-0.1, -0.05) is 48.5 Å². The van der Waals surface area contributed by atoms with Gasteiger partial charge in [0, 0.05) is 0 Å². The number of hydroxylamine groups is 1. The molecule has 0 aliphatic carbocycles. The Labute approximate surface area is 135 Å². The summed E-state index contributed by atoms with van der Waals surface area (Å²) in [5.41, 5.74) is 1.62. The van der Waals surface area contributed by atoms with Crippen molar-refractivity contribution in [3.8, 4) is 0 Å². The van der Waals surface area contributed by atoms with E-state index in [9.17, 15) is 9.90 Å². The van der Waals surface area contributed by atoms with Crippen molar-refractivity contribution in [1.29, 1.82) is 0 Å². The number of hydrogen-bond acceptors (Lipinski definition) is 5. The Hall–Kier alpha value is -2.37. The molecule has 0 aromatic heterocycles. The van der Waals surface area contributed by atoms with E-state index in [-0.39, 0.29) is 0 Å². The predicted octanol–water partition coefficient (Wildman–Crippen LogP) is 2.68. The number of rotatable bonds is 3. The summed E-state index contributed by atoms with van der Waals surface area (Å²) < 4.78 is 4.90. The van der Waals surface area contributed by atoms with Crippen LogP contribution < -0.4 is 5.06 Å². The summed E-state index contributed by atoms with van der Waals surface area (Å²) in [7, 11) is 1.31. The number of methoxy groups -OCH3 is 1. The Balaban J connectivity index is 2.10. The maximum absolute atomic E-state index is 12.3. The van der Waals surface area contributed by atoms with Gasteiger partial charge in [-0.3, -0.25) is 4.79 Å². The van der Waals surface area contributed by atoms with Crippen LogP contribution in [0.3, 0.4) is 0 Å². The van der Waals surface area contributed by atoms with Crippen LogP contribution >= 0.6 is 0 Å². The zero-order valence-corrected chi connectivity index (χ0v) is 13.0. The second-order valence-corrected chi connectivity index (χ2v) is 5.66. The van der Waals surface area contributed by atoms with Gasteiger partial charge >= 0.3 is 5.97 Å². The minimum atomic E-state index is -1.66. The fourth-order valence-corrected chi connectivity index (χ4v) is 2.98. The molecule has 120 valence electrons. The largest absolute Gasteiger partial charge is 0.469 e. The van der Waals surface area contributed by atoms with Crippen LogP contribution in [0.15, 0.2) is 60.7 Å². The molecule has 2 aromatic rings. The quantitative estimate of drug-likeness (QED) is 0.883. The van der Waals surface area contributed by atoms with Crippen LogP contribution in [-0.4, -0.2) is 24.0 Å². The van der Waals surface area contributed by atoms with E-state index >= 15 is 0 Å². The van der Waals surface area contributed by atoms with E-state index in [0.29, 0.717) is 0 Å². The molecule has 0 bridgehead atoms. The highest BCUT2D eigenvalue weighted by molar-refractivity contribution is 5.76. The van der Waals surface area contributed by atoms with E-state index in [0.717, 1.165) is 11.3 Å². The number of para-hydroxylation sites is 1. The van der Waals surface area contributed by atoms with Gasteiger partial charge in [-0.25, -0.2) is 9.90 Å². The predicted molar refractivity (Wildman–Crippen MR) is 85.3 cm³/mol. The summed E-state index contributed by atoms with van der Waals surface area (Å²) >= 11 is 0. The molecule has 0 unspecified atom stereocenters. The minimum Gasteiger partial charge on any atom is -0.469 e. The number of anilines is 1. The van der Waals surface area contributed by atoms with Crippen molar-refractivity contribution in [2.24, 2.45) is 5.92 Å². The number of hydrogen-bond donors (Lipinski definition) is 1. The van der Waals surface area contributed by atoms with Crippen LogP contribution in [0.25, 0.3) is 0 Å². The van der Waals surface area contributed by atoms with Crippen LogP contribution in [0.2, 0.25) is 0 Å². The molecule has 3 atom stereocenters. The average molecular weight is 313 g/mol. The molecule has 0 saturated carbocycles. The zero-order valence-electron chi connectivity index (χ0n) is 13.0. The molecule has 2 aromatic carbocycles. The molecule has 5 heteroatoms. The molecule has 0 radical (unpaired) electrons. The average Bonchev–Trinajstić information content (AvgIpc) is 2.87. The van der Waals surface area contributed by atoms with Crippen molar-refractivity contribution >= 4 is 11.7 Å². The summed E-state index contributed by atoms with van der Waals surface area (Å²) in [5, 5.41) is 12.2. The Morgan fingerprint density at radius 3 is 2.26 bits per heavy atom. The van der Waals surface area contributed by atoms with Crippen molar-refractivity contribution < 1.29 is 19.5 Å². The maximum Gasteiger partial charge on any atom is 0.316 e. The first-order chi connectivity index (χ1) is 11.0. The van der Waals surface area contributed by atoms with E-state index < -0.39 is 23.7 Å². The zero-order chi connectivity index (χ0) is 16.4. The fraction of sp³-hybridized carbons (Fsp3) is 0.278. The SMILES string of the molecule is COC(=O)[C@@H]1[C@@H](c2ccccc2)N(c2ccccc2)O[C@@]1(C)O. The number of aliphatic hydroxyl groups is 1. The van der Waals surface area contributed by atoms with Gasteiger partial charge in [0.25, 0.3) is 0 Å². The summed E-state index contributed by atoms with van der Waals surface area (Å²) in [4.78, 5) is 18.0. The molecule has 1 aliphatic heterocycles. The summed E-state index contributed by atoms with van der Waals surface area (Å²) in [6.07, 6.45) is 0. The second kappa shape index (κ2) is 6.02. The molecular formula is C18H19NO4. The Morgan fingerprint density at radius 2 is 1.70 bits per heavy atom. The molecule has 1 fully saturated rings. The van der Waals surface area contributed by atoms with Crippen molar-refractivity contribution in [2.75, 3.05) is 12.2 Å². The molecule has 23 heavy (non-hydrogen) atoms. The number of carbonyl (C=O) groups excluding carboxylic acids is 1. The summed E-state index contributed by atoms with van der Waals surface area (Å²) in [6.45, 7) is 1.48. The van der Waals surface area contributed by atoms with Crippen LogP contribution in [0.5, 0.6) is 0 Å². The van der Waals surface area contributed by atoms with Gasteiger partial charge in [-0.15, -0.1) is 0 Å². The van der Waals surface area contributed by atoms with Crippen LogP contribution in [0, 0.1) is 5.92 Å². The van der Waals surface area contributed by atoms with E-state index in [4.69, 9.17) is 9.57 Å². The van der Waals surface area contributed by atoms with E-state index in [1.807, 2.05) is 60.7 Å². The third-order valence-corrected chi connectivity index (χ3v) is 4.04. The molecule has 1 aliphatic rings. The first-order valence-electron chi connectivity index (χ1n) is 7.43. The highest BCUT2D eigenvalue weighted by atomic mass is 16.8. The third kappa shape index (κ3) is 2.81. The van der Waals surface area contributed by atoms with Gasteiger partial charge in [0.2, 0.25) is 5.79 Å². The summed E-state index contributed by atoms with van der Waals surface area (Å²) in [6, 6.07) is 18.4. The molecule has 1 heterocycles. The number of carbonyl (C=O) groups is 1. The van der Waals surface area contributed by atoms with Crippen LogP contribution in [0.1, 0.15) is 18.5 Å². The smallest absolute Gasteiger partial charge is 0.316 e. The Kier molecular flexibility index (Phi) is 4.07. The monoisotopic (exact) mass is 313 g/mol. The lowest BCUT2D eigenvalue weighted by molar-refractivity contribution is -0.198. The number of nitrogens with zero attached hydrogens (tertiary/aromatic N) is 1. The number of benzene rings is 2. The summed E-state index contributed by atoms with van der Waals surface area (Å²) in [5.74, 6) is -3.04. The Bertz CT molecular complexity index is 672. The molecule has 1 N–H and O–H groups in total. The van der Waals surface area contributed by atoms with Gasteiger partial charge in [-0.2, -0.15) is 0 Å². The standard InChI is InChI=1S/C18H19NO4/c1-18(21)15(17(20)22-2)16(13-9-5-3-6-10-13)19(23-18)14-11-7-4-8-12-14/h3-12,15-16,21H,1-2H3/t15-,16+,18+/m0/s1.